The van der Waals surface area contributed by atoms with Gasteiger partial charge in [0, 0.05) is 12.5 Å². The number of hydrogen-bond donors (Lipinski definition) is 1. The molecule has 0 saturated carbocycles. The van der Waals surface area contributed by atoms with E-state index in [0.29, 0.717) is 12.5 Å². The fourth-order valence-electron chi connectivity index (χ4n) is 1.67. The Morgan fingerprint density at radius 1 is 1.47 bits per heavy atom. The largest absolute Gasteiger partial charge is 0.330 e. The molecular formula is C12H16N2S. The molecule has 1 aromatic carbocycles. The summed E-state index contributed by atoms with van der Waals surface area (Å²) in [6.07, 6.45) is 1.06. The van der Waals surface area contributed by atoms with Crippen molar-refractivity contribution in [3.05, 3.63) is 28.8 Å². The summed E-state index contributed by atoms with van der Waals surface area (Å²) < 4.78 is 1.27. The predicted molar refractivity (Wildman–Crippen MR) is 66.4 cm³/mol. The smallest absolute Gasteiger partial charge is 0.0982 e. The Morgan fingerprint density at radius 2 is 2.27 bits per heavy atom. The average molecular weight is 220 g/mol. The molecule has 2 rings (SSSR count). The minimum absolute atomic E-state index is 0.419. The normalized spacial score (nSPS) is 13.3. The van der Waals surface area contributed by atoms with Gasteiger partial charge in [0.25, 0.3) is 0 Å². The summed E-state index contributed by atoms with van der Waals surface area (Å²) in [6.45, 7) is 4.95. The van der Waals surface area contributed by atoms with Crippen LogP contribution >= 0.6 is 11.3 Å². The third-order valence-corrected chi connectivity index (χ3v) is 3.89. The summed E-state index contributed by atoms with van der Waals surface area (Å²) in [4.78, 5) is 4.65. The van der Waals surface area contributed by atoms with Crippen molar-refractivity contribution in [3.8, 4) is 0 Å². The lowest BCUT2D eigenvalue weighted by atomic mass is 10.1. The summed E-state index contributed by atoms with van der Waals surface area (Å²) in [5.41, 5.74) is 8.11. The number of nitrogens with two attached hydrogens (primary N) is 1. The lowest BCUT2D eigenvalue weighted by Crippen LogP contribution is -2.10. The second-order valence-electron chi connectivity index (χ2n) is 3.86. The Hall–Kier alpha value is -0.930. The van der Waals surface area contributed by atoms with Gasteiger partial charge in [0.1, 0.15) is 0 Å². The van der Waals surface area contributed by atoms with E-state index in [-0.39, 0.29) is 0 Å². The maximum absolute atomic E-state index is 5.73. The van der Waals surface area contributed by atoms with Crippen LogP contribution in [0.1, 0.15) is 29.8 Å². The number of fused-ring (bicyclic) bond motifs is 1. The van der Waals surface area contributed by atoms with Crippen molar-refractivity contribution in [1.29, 1.82) is 0 Å². The molecule has 2 nitrogen and oxygen atoms in total. The molecule has 0 bridgehead atoms. The molecule has 0 aliphatic rings. The first-order chi connectivity index (χ1) is 7.24. The first-order valence-corrected chi connectivity index (χ1v) is 6.13. The highest BCUT2D eigenvalue weighted by Gasteiger charge is 2.12. The van der Waals surface area contributed by atoms with Gasteiger partial charge in [-0.05, 0) is 31.0 Å². The number of thiazole rings is 1. The van der Waals surface area contributed by atoms with Crippen molar-refractivity contribution in [2.24, 2.45) is 5.73 Å². The van der Waals surface area contributed by atoms with E-state index in [1.807, 2.05) is 0 Å². The van der Waals surface area contributed by atoms with Crippen molar-refractivity contribution in [2.45, 2.75) is 26.2 Å². The molecule has 2 N–H and O–H groups in total. The van der Waals surface area contributed by atoms with Gasteiger partial charge < -0.3 is 5.73 Å². The molecule has 15 heavy (non-hydrogen) atoms. The monoisotopic (exact) mass is 220 g/mol. The van der Waals surface area contributed by atoms with Gasteiger partial charge in [-0.2, -0.15) is 0 Å². The van der Waals surface area contributed by atoms with Crippen LogP contribution < -0.4 is 5.73 Å². The quantitative estimate of drug-likeness (QED) is 0.863. The van der Waals surface area contributed by atoms with Crippen LogP contribution in [0, 0.1) is 6.92 Å². The van der Waals surface area contributed by atoms with Crippen molar-refractivity contribution in [2.75, 3.05) is 6.54 Å². The molecule has 0 aliphatic heterocycles. The highest BCUT2D eigenvalue weighted by molar-refractivity contribution is 7.18. The van der Waals surface area contributed by atoms with Crippen LogP contribution in [-0.4, -0.2) is 11.5 Å². The van der Waals surface area contributed by atoms with Gasteiger partial charge in [-0.25, -0.2) is 4.98 Å². The maximum Gasteiger partial charge on any atom is 0.0982 e. The number of benzene rings is 1. The van der Waals surface area contributed by atoms with Gasteiger partial charge in [0.05, 0.1) is 15.2 Å². The van der Waals surface area contributed by atoms with Crippen LogP contribution in [0.25, 0.3) is 10.2 Å². The van der Waals surface area contributed by atoms with Crippen LogP contribution in [0.4, 0.5) is 0 Å². The Morgan fingerprint density at radius 3 is 2.93 bits per heavy atom. The summed E-state index contributed by atoms with van der Waals surface area (Å²) >= 11 is 1.77. The highest BCUT2D eigenvalue weighted by atomic mass is 32.1. The van der Waals surface area contributed by atoms with Gasteiger partial charge >= 0.3 is 0 Å². The van der Waals surface area contributed by atoms with E-state index >= 15 is 0 Å². The SMILES string of the molecule is CCC(CN)c1nc2cc(C)ccc2s1. The lowest BCUT2D eigenvalue weighted by Gasteiger charge is -2.06. The number of rotatable bonds is 3. The first-order valence-electron chi connectivity index (χ1n) is 5.31. The zero-order chi connectivity index (χ0) is 10.8. The summed E-state index contributed by atoms with van der Waals surface area (Å²) in [5.74, 6) is 0.419. The molecule has 80 valence electrons. The number of nitrogens with zero attached hydrogens (tertiary/aromatic N) is 1. The molecule has 0 fully saturated rings. The molecule has 1 heterocycles. The van der Waals surface area contributed by atoms with Crippen LogP contribution in [-0.2, 0) is 0 Å². The molecule has 1 unspecified atom stereocenters. The van der Waals surface area contributed by atoms with Gasteiger partial charge in [0.15, 0.2) is 0 Å². The van der Waals surface area contributed by atoms with Gasteiger partial charge in [0.2, 0.25) is 0 Å². The van der Waals surface area contributed by atoms with Crippen molar-refractivity contribution >= 4 is 21.6 Å². The van der Waals surface area contributed by atoms with Crippen molar-refractivity contribution < 1.29 is 0 Å². The van der Waals surface area contributed by atoms with Gasteiger partial charge in [-0.1, -0.05) is 13.0 Å². The van der Waals surface area contributed by atoms with Gasteiger partial charge in [-0.3, -0.25) is 0 Å². The fraction of sp³-hybridized carbons (Fsp3) is 0.417. The summed E-state index contributed by atoms with van der Waals surface area (Å²) in [7, 11) is 0. The van der Waals surface area contributed by atoms with E-state index in [0.717, 1.165) is 11.9 Å². The first kappa shape index (κ1) is 10.6. The van der Waals surface area contributed by atoms with Crippen LogP contribution in [0.3, 0.4) is 0 Å². The third-order valence-electron chi connectivity index (χ3n) is 2.69. The second-order valence-corrected chi connectivity index (χ2v) is 4.93. The van der Waals surface area contributed by atoms with E-state index in [1.54, 1.807) is 11.3 Å². The summed E-state index contributed by atoms with van der Waals surface area (Å²) in [5, 5.41) is 1.18. The molecule has 0 radical (unpaired) electrons. The van der Waals surface area contributed by atoms with Crippen LogP contribution in [0.15, 0.2) is 18.2 Å². The minimum atomic E-state index is 0.419. The topological polar surface area (TPSA) is 38.9 Å². The molecule has 3 heteroatoms. The van der Waals surface area contributed by atoms with Crippen molar-refractivity contribution in [3.63, 3.8) is 0 Å². The Balaban J connectivity index is 2.46. The number of aromatic nitrogens is 1. The van der Waals surface area contributed by atoms with Crippen molar-refractivity contribution in [1.82, 2.24) is 4.98 Å². The van der Waals surface area contributed by atoms with E-state index in [9.17, 15) is 0 Å². The summed E-state index contributed by atoms with van der Waals surface area (Å²) in [6, 6.07) is 6.42. The predicted octanol–water partition coefficient (Wildman–Crippen LogP) is 3.06. The molecule has 0 saturated heterocycles. The Kier molecular flexibility index (Phi) is 3.03. The molecule has 1 atom stereocenters. The lowest BCUT2D eigenvalue weighted by molar-refractivity contribution is 0.671. The third kappa shape index (κ3) is 2.03. The standard InChI is InChI=1S/C12H16N2S/c1-3-9(7-13)12-14-10-6-8(2)4-5-11(10)15-12/h4-6,9H,3,7,13H2,1-2H3. The van der Waals surface area contributed by atoms with Crippen LogP contribution in [0.5, 0.6) is 0 Å². The highest BCUT2D eigenvalue weighted by Crippen LogP contribution is 2.29. The molecule has 0 aliphatic carbocycles. The Labute approximate surface area is 94.1 Å². The molecule has 1 aromatic heterocycles. The van der Waals surface area contributed by atoms with Crippen LogP contribution in [0.2, 0.25) is 0 Å². The van der Waals surface area contributed by atoms with E-state index < -0.39 is 0 Å². The Bertz CT molecular complexity index is 458. The molecule has 0 spiro atoms. The molecule has 0 amide bonds. The number of hydrogen-bond acceptors (Lipinski definition) is 3. The minimum Gasteiger partial charge on any atom is -0.330 e. The zero-order valence-corrected chi connectivity index (χ0v) is 9.97. The van der Waals surface area contributed by atoms with Gasteiger partial charge in [-0.15, -0.1) is 11.3 Å². The molecular weight excluding hydrogens is 204 g/mol. The van der Waals surface area contributed by atoms with E-state index in [1.165, 1.54) is 15.3 Å². The average Bonchev–Trinajstić information content (AvgIpc) is 2.62. The zero-order valence-electron chi connectivity index (χ0n) is 9.16. The molecule has 2 aromatic rings. The maximum atomic E-state index is 5.73. The second kappa shape index (κ2) is 4.29. The number of aryl methyl sites for hydroxylation is 1. The fourth-order valence-corrected chi connectivity index (χ4v) is 2.82. The van der Waals surface area contributed by atoms with E-state index in [4.69, 9.17) is 5.73 Å². The van der Waals surface area contributed by atoms with E-state index in [2.05, 4.69) is 37.0 Å².